The molecular formula is C49H83AlO3. The average Bonchev–Trinajstić information content (AvgIpc) is 2.94. The molecule has 0 aliphatic heterocycles. The zero-order valence-electron chi connectivity index (χ0n) is 38.9. The first kappa shape index (κ1) is 50.6. The van der Waals surface area contributed by atoms with E-state index < -0.39 is 0 Å². The van der Waals surface area contributed by atoms with Crippen molar-refractivity contribution >= 4 is 15.2 Å². The number of phenolic OH excluding ortho intramolecular Hbond substituents is 3. The van der Waals surface area contributed by atoms with Gasteiger partial charge in [-0.25, -0.2) is 0 Å². The van der Waals surface area contributed by atoms with Gasteiger partial charge in [-0.05, 0) is 86.6 Å². The van der Waals surface area contributed by atoms with Crippen molar-refractivity contribution in [3.8, 4) is 17.2 Å². The van der Waals surface area contributed by atoms with Gasteiger partial charge < -0.3 is 15.3 Å². The standard InChI is InChI=1S/3C15H24O.2C2H5.Al.H/c3*1-10-8-11(14(2,3)4)13(16)12(9-10)15(5,6)7;2*1-2;;/h3*8-9,16H,1-7H3;2*1H2,2H3;;. The summed E-state index contributed by atoms with van der Waals surface area (Å²) < 4.78 is 0. The molecule has 0 radical (unpaired) electrons. The molecule has 4 heteroatoms. The number of benzene rings is 3. The van der Waals surface area contributed by atoms with Gasteiger partial charge in [0.2, 0.25) is 15.2 Å². The van der Waals surface area contributed by atoms with Gasteiger partial charge in [-0.3, -0.25) is 0 Å². The van der Waals surface area contributed by atoms with Gasteiger partial charge in [0.05, 0.1) is 0 Å². The number of phenols is 3. The Kier molecular flexibility index (Phi) is 18.1. The maximum Gasteiger partial charge on any atom is 0.236 e. The molecule has 0 bridgehead atoms. The van der Waals surface area contributed by atoms with Crippen LogP contribution >= 0.6 is 0 Å². The molecule has 0 unspecified atom stereocenters. The molecule has 0 saturated heterocycles. The summed E-state index contributed by atoms with van der Waals surface area (Å²) >= 11 is 0.432. The van der Waals surface area contributed by atoms with E-state index in [2.05, 4.69) is 196 Å². The van der Waals surface area contributed by atoms with E-state index in [4.69, 9.17) is 0 Å². The van der Waals surface area contributed by atoms with Crippen molar-refractivity contribution in [3.63, 3.8) is 0 Å². The van der Waals surface area contributed by atoms with Gasteiger partial charge in [0, 0.05) is 0 Å². The maximum atomic E-state index is 10.4. The van der Waals surface area contributed by atoms with Crippen LogP contribution in [-0.2, 0) is 32.5 Å². The van der Waals surface area contributed by atoms with Gasteiger partial charge in [0.1, 0.15) is 17.2 Å². The Morgan fingerprint density at radius 3 is 0.547 bits per heavy atom. The first-order chi connectivity index (χ1) is 23.5. The molecule has 3 N–H and O–H groups in total. The summed E-state index contributed by atoms with van der Waals surface area (Å²) in [6.45, 7) is 49.2. The monoisotopic (exact) mass is 747 g/mol. The lowest BCUT2D eigenvalue weighted by Gasteiger charge is -2.27. The SMILES string of the molecule is C[CH2][AlH][CH2]C.Cc1cc(C(C)(C)C)c(O)c(C(C)(C)C)c1.Cc1cc(C(C)(C)C)c(O)c(C(C)(C)C)c1.Cc1cc(C(C)(C)C)c(O)c(C(C)(C)C)c1. The summed E-state index contributed by atoms with van der Waals surface area (Å²) in [4.78, 5) is 0. The van der Waals surface area contributed by atoms with E-state index in [0.29, 0.717) is 32.5 Å². The van der Waals surface area contributed by atoms with Crippen LogP contribution in [0.25, 0.3) is 0 Å². The van der Waals surface area contributed by atoms with Gasteiger partial charge in [0.25, 0.3) is 0 Å². The minimum atomic E-state index is -0.0178. The lowest BCUT2D eigenvalue weighted by molar-refractivity contribution is 0.422. The molecule has 0 amide bonds. The van der Waals surface area contributed by atoms with Crippen LogP contribution in [0.15, 0.2) is 36.4 Å². The van der Waals surface area contributed by atoms with Crippen LogP contribution in [0.4, 0.5) is 0 Å². The van der Waals surface area contributed by atoms with Gasteiger partial charge in [-0.15, -0.1) is 10.6 Å². The molecule has 300 valence electrons. The van der Waals surface area contributed by atoms with E-state index in [1.54, 1.807) is 0 Å². The fraction of sp³-hybridized carbons (Fsp3) is 0.633. The predicted molar refractivity (Wildman–Crippen MR) is 239 cm³/mol. The molecular weight excluding hydrogens is 664 g/mol. The molecule has 0 saturated carbocycles. The molecule has 3 aromatic rings. The van der Waals surface area contributed by atoms with Gasteiger partial charge in [0.15, 0.2) is 0 Å². The van der Waals surface area contributed by atoms with Crippen molar-refractivity contribution in [2.24, 2.45) is 0 Å². The van der Waals surface area contributed by atoms with E-state index >= 15 is 0 Å². The molecule has 0 heterocycles. The van der Waals surface area contributed by atoms with Crippen molar-refractivity contribution < 1.29 is 15.3 Å². The minimum Gasteiger partial charge on any atom is -0.507 e. The quantitative estimate of drug-likeness (QED) is 0.229. The molecule has 3 nitrogen and oxygen atoms in total. The Hall–Kier alpha value is -2.41. The van der Waals surface area contributed by atoms with Crippen molar-refractivity contribution in [3.05, 3.63) is 86.5 Å². The molecule has 0 aromatic heterocycles. The second-order valence-corrected chi connectivity index (χ2v) is 24.2. The van der Waals surface area contributed by atoms with Crippen LogP contribution in [0.5, 0.6) is 17.2 Å². The highest BCUT2D eigenvalue weighted by Gasteiger charge is 2.28. The smallest absolute Gasteiger partial charge is 0.236 e. The van der Waals surface area contributed by atoms with Gasteiger partial charge >= 0.3 is 0 Å². The Morgan fingerprint density at radius 2 is 0.472 bits per heavy atom. The van der Waals surface area contributed by atoms with Crippen LogP contribution in [-0.4, -0.2) is 30.5 Å². The molecule has 0 fully saturated rings. The van der Waals surface area contributed by atoms with Crippen molar-refractivity contribution in [2.75, 3.05) is 0 Å². The zero-order chi connectivity index (χ0) is 42.3. The van der Waals surface area contributed by atoms with Crippen LogP contribution < -0.4 is 0 Å². The zero-order valence-corrected chi connectivity index (χ0v) is 40.3. The third-order valence-corrected chi connectivity index (χ3v) is 10.7. The number of hydrogen-bond acceptors (Lipinski definition) is 3. The molecule has 53 heavy (non-hydrogen) atoms. The Balaban J connectivity index is 0.000000718. The fourth-order valence-corrected chi connectivity index (χ4v) is 6.83. The summed E-state index contributed by atoms with van der Waals surface area (Å²) in [5.74, 6) is 1.39. The second kappa shape index (κ2) is 19.0. The van der Waals surface area contributed by atoms with E-state index in [1.807, 2.05) is 0 Å². The van der Waals surface area contributed by atoms with Crippen LogP contribution in [0.3, 0.4) is 0 Å². The van der Waals surface area contributed by atoms with E-state index in [1.165, 1.54) is 27.3 Å². The second-order valence-electron chi connectivity index (χ2n) is 21.5. The molecule has 0 aliphatic carbocycles. The van der Waals surface area contributed by atoms with Crippen LogP contribution in [0, 0.1) is 20.8 Å². The first-order valence-corrected chi connectivity index (χ1v) is 22.0. The number of aryl methyl sites for hydroxylation is 3. The molecule has 0 spiro atoms. The first-order valence-electron chi connectivity index (χ1n) is 20.0. The highest BCUT2D eigenvalue weighted by molar-refractivity contribution is 6.34. The van der Waals surface area contributed by atoms with Gasteiger partial charge in [-0.1, -0.05) is 192 Å². The fourth-order valence-electron chi connectivity index (χ4n) is 6.12. The van der Waals surface area contributed by atoms with Crippen molar-refractivity contribution in [1.82, 2.24) is 0 Å². The normalized spacial score (nSPS) is 12.4. The summed E-state index contributed by atoms with van der Waals surface area (Å²) in [6.07, 6.45) is 0. The summed E-state index contributed by atoms with van der Waals surface area (Å²) in [5, 5.41) is 34.1. The van der Waals surface area contributed by atoms with E-state index in [9.17, 15) is 15.3 Å². The topological polar surface area (TPSA) is 60.7 Å². The van der Waals surface area contributed by atoms with Crippen molar-refractivity contribution in [2.45, 2.75) is 202 Å². The summed E-state index contributed by atoms with van der Waals surface area (Å²) in [6, 6.07) is 12.5. The predicted octanol–water partition coefficient (Wildman–Crippen LogP) is 14.2. The Morgan fingerprint density at radius 1 is 0.340 bits per heavy atom. The van der Waals surface area contributed by atoms with Crippen LogP contribution in [0.1, 0.15) is 189 Å². The number of aromatic hydroxyl groups is 3. The third-order valence-electron chi connectivity index (χ3n) is 9.32. The lowest BCUT2D eigenvalue weighted by Crippen LogP contribution is -2.17. The largest absolute Gasteiger partial charge is 0.507 e. The highest BCUT2D eigenvalue weighted by Crippen LogP contribution is 2.42. The minimum absolute atomic E-state index is 0.0178. The summed E-state index contributed by atoms with van der Waals surface area (Å²) in [7, 11) is 0. The van der Waals surface area contributed by atoms with E-state index in [0.717, 1.165) is 33.4 Å². The lowest BCUT2D eigenvalue weighted by atomic mass is 9.78. The highest BCUT2D eigenvalue weighted by atomic mass is 27.1. The summed E-state index contributed by atoms with van der Waals surface area (Å²) in [5.41, 5.74) is 9.78. The third kappa shape index (κ3) is 16.1. The number of rotatable bonds is 2. The Bertz CT molecular complexity index is 1310. The molecule has 3 rings (SSSR count). The number of hydrogen-bond donors (Lipinski definition) is 3. The average molecular weight is 747 g/mol. The Labute approximate surface area is 335 Å². The molecule has 0 atom stereocenters. The molecule has 0 aliphatic rings. The van der Waals surface area contributed by atoms with E-state index in [-0.39, 0.29) is 32.5 Å². The van der Waals surface area contributed by atoms with Gasteiger partial charge in [-0.2, -0.15) is 0 Å². The molecule has 3 aromatic carbocycles. The van der Waals surface area contributed by atoms with Crippen molar-refractivity contribution in [1.29, 1.82) is 0 Å². The van der Waals surface area contributed by atoms with Crippen LogP contribution in [0.2, 0.25) is 10.6 Å². The maximum absolute atomic E-state index is 10.4.